The highest BCUT2D eigenvalue weighted by molar-refractivity contribution is 5.40. The Balaban J connectivity index is 1.81. The van der Waals surface area contributed by atoms with Gasteiger partial charge in [-0.1, -0.05) is 24.3 Å². The zero-order chi connectivity index (χ0) is 17.5. The van der Waals surface area contributed by atoms with E-state index in [1.807, 2.05) is 24.3 Å². The Morgan fingerprint density at radius 1 is 0.760 bits per heavy atom. The molecule has 0 N–H and O–H groups in total. The number of nitrogens with zero attached hydrogens (tertiary/aromatic N) is 3. The van der Waals surface area contributed by atoms with Crippen molar-refractivity contribution < 1.29 is 9.47 Å². The van der Waals surface area contributed by atoms with Gasteiger partial charge in [0.25, 0.3) is 0 Å². The second-order valence-corrected chi connectivity index (χ2v) is 5.62. The highest BCUT2D eigenvalue weighted by Gasteiger charge is 2.10. The van der Waals surface area contributed by atoms with Gasteiger partial charge in [-0.25, -0.2) is 4.98 Å². The number of ether oxygens (including phenoxy) is 2. The Labute approximate surface area is 147 Å². The average molecular weight is 335 g/mol. The summed E-state index contributed by atoms with van der Waals surface area (Å²) >= 11 is 0. The van der Waals surface area contributed by atoms with Gasteiger partial charge in [0.15, 0.2) is 0 Å². The van der Waals surface area contributed by atoms with Crippen molar-refractivity contribution in [2.75, 3.05) is 19.1 Å². The molecule has 0 amide bonds. The van der Waals surface area contributed by atoms with Crippen molar-refractivity contribution >= 4 is 5.82 Å². The molecular weight excluding hydrogens is 314 g/mol. The predicted molar refractivity (Wildman–Crippen MR) is 97.9 cm³/mol. The molecule has 0 radical (unpaired) electrons. The van der Waals surface area contributed by atoms with Crippen LogP contribution in [0.1, 0.15) is 11.1 Å². The van der Waals surface area contributed by atoms with Crippen LogP contribution in [0.2, 0.25) is 0 Å². The minimum absolute atomic E-state index is 0.731. The van der Waals surface area contributed by atoms with Gasteiger partial charge in [0.2, 0.25) is 0 Å². The van der Waals surface area contributed by atoms with Crippen molar-refractivity contribution in [3.8, 4) is 11.5 Å². The highest BCUT2D eigenvalue weighted by atomic mass is 16.5. The summed E-state index contributed by atoms with van der Waals surface area (Å²) in [5.41, 5.74) is 2.36. The third-order valence-corrected chi connectivity index (χ3v) is 3.94. The molecule has 0 bridgehead atoms. The van der Waals surface area contributed by atoms with Crippen molar-refractivity contribution in [1.29, 1.82) is 0 Å². The van der Waals surface area contributed by atoms with Crippen LogP contribution >= 0.6 is 0 Å². The van der Waals surface area contributed by atoms with E-state index in [-0.39, 0.29) is 0 Å². The van der Waals surface area contributed by atoms with E-state index in [0.29, 0.717) is 0 Å². The Morgan fingerprint density at radius 2 is 1.28 bits per heavy atom. The fourth-order valence-corrected chi connectivity index (χ4v) is 2.58. The Hall–Kier alpha value is -3.08. The van der Waals surface area contributed by atoms with Gasteiger partial charge in [0.05, 0.1) is 20.4 Å². The van der Waals surface area contributed by atoms with Gasteiger partial charge in [-0.05, 0) is 35.4 Å². The minimum Gasteiger partial charge on any atom is -0.497 e. The number of methoxy groups -OCH3 is 2. The summed E-state index contributed by atoms with van der Waals surface area (Å²) in [6.07, 6.45) is 5.18. The first-order chi connectivity index (χ1) is 12.3. The summed E-state index contributed by atoms with van der Waals surface area (Å²) in [6, 6.07) is 16.1. The van der Waals surface area contributed by atoms with E-state index in [4.69, 9.17) is 9.47 Å². The van der Waals surface area contributed by atoms with Crippen LogP contribution in [0.25, 0.3) is 0 Å². The molecule has 0 fully saturated rings. The number of aromatic nitrogens is 2. The quantitative estimate of drug-likeness (QED) is 0.659. The molecule has 0 saturated heterocycles. The van der Waals surface area contributed by atoms with Gasteiger partial charge < -0.3 is 14.4 Å². The fraction of sp³-hybridized carbons (Fsp3) is 0.200. The van der Waals surface area contributed by atoms with Crippen LogP contribution < -0.4 is 14.4 Å². The van der Waals surface area contributed by atoms with Crippen molar-refractivity contribution in [3.63, 3.8) is 0 Å². The summed E-state index contributed by atoms with van der Waals surface area (Å²) < 4.78 is 10.5. The average Bonchev–Trinajstić information content (AvgIpc) is 2.69. The summed E-state index contributed by atoms with van der Waals surface area (Å²) in [5, 5.41) is 0. The van der Waals surface area contributed by atoms with Gasteiger partial charge in [-0.3, -0.25) is 4.98 Å². The molecule has 0 spiro atoms. The first-order valence-electron chi connectivity index (χ1n) is 8.05. The van der Waals surface area contributed by atoms with Crippen molar-refractivity contribution in [3.05, 3.63) is 78.2 Å². The summed E-state index contributed by atoms with van der Waals surface area (Å²) in [6.45, 7) is 1.46. The second-order valence-electron chi connectivity index (χ2n) is 5.62. The molecule has 1 heterocycles. The largest absolute Gasteiger partial charge is 0.497 e. The van der Waals surface area contributed by atoms with E-state index in [1.54, 1.807) is 32.8 Å². The maximum Gasteiger partial charge on any atom is 0.147 e. The van der Waals surface area contributed by atoms with Gasteiger partial charge in [-0.2, -0.15) is 0 Å². The van der Waals surface area contributed by atoms with Gasteiger partial charge in [0.1, 0.15) is 17.3 Å². The standard InChI is InChI=1S/C20H21N3O2/c1-24-18-7-3-16(4-8-18)14-23(20-13-21-11-12-22-20)15-17-5-9-19(25-2)10-6-17/h3-13H,14-15H2,1-2H3. The lowest BCUT2D eigenvalue weighted by atomic mass is 10.1. The van der Waals surface area contributed by atoms with E-state index in [0.717, 1.165) is 30.4 Å². The summed E-state index contributed by atoms with van der Waals surface area (Å²) in [7, 11) is 3.34. The molecule has 128 valence electrons. The molecule has 0 aliphatic heterocycles. The maximum absolute atomic E-state index is 5.23. The molecular formula is C20H21N3O2. The first kappa shape index (κ1) is 16.8. The Bertz CT molecular complexity index is 725. The monoisotopic (exact) mass is 335 g/mol. The Kier molecular flexibility index (Phi) is 5.46. The van der Waals surface area contributed by atoms with Crippen LogP contribution in [0.4, 0.5) is 5.82 Å². The van der Waals surface area contributed by atoms with Crippen LogP contribution in [0.3, 0.4) is 0 Å². The van der Waals surface area contributed by atoms with Gasteiger partial charge in [0, 0.05) is 25.5 Å². The Morgan fingerprint density at radius 3 is 1.68 bits per heavy atom. The minimum atomic E-state index is 0.731. The third kappa shape index (κ3) is 4.47. The number of rotatable bonds is 7. The normalized spacial score (nSPS) is 10.3. The van der Waals surface area contributed by atoms with Crippen LogP contribution in [0.15, 0.2) is 67.1 Å². The topological polar surface area (TPSA) is 47.5 Å². The lowest BCUT2D eigenvalue weighted by Crippen LogP contribution is -2.23. The smallest absolute Gasteiger partial charge is 0.147 e. The highest BCUT2D eigenvalue weighted by Crippen LogP contribution is 2.20. The van der Waals surface area contributed by atoms with Crippen molar-refractivity contribution in [2.24, 2.45) is 0 Å². The molecule has 5 nitrogen and oxygen atoms in total. The van der Waals surface area contributed by atoms with E-state index in [1.165, 1.54) is 11.1 Å². The SMILES string of the molecule is COc1ccc(CN(Cc2ccc(OC)cc2)c2cnccn2)cc1. The summed E-state index contributed by atoms with van der Waals surface area (Å²) in [4.78, 5) is 10.8. The second kappa shape index (κ2) is 8.15. The molecule has 2 aromatic carbocycles. The molecule has 25 heavy (non-hydrogen) atoms. The molecule has 0 atom stereocenters. The molecule has 0 aliphatic rings. The van der Waals surface area contributed by atoms with E-state index < -0.39 is 0 Å². The molecule has 0 aliphatic carbocycles. The van der Waals surface area contributed by atoms with E-state index in [9.17, 15) is 0 Å². The van der Waals surface area contributed by atoms with Gasteiger partial charge in [-0.15, -0.1) is 0 Å². The lowest BCUT2D eigenvalue weighted by molar-refractivity contribution is 0.414. The molecule has 3 rings (SSSR count). The molecule has 1 aromatic heterocycles. The van der Waals surface area contributed by atoms with Crippen LogP contribution in [-0.2, 0) is 13.1 Å². The fourth-order valence-electron chi connectivity index (χ4n) is 2.58. The predicted octanol–water partition coefficient (Wildman–Crippen LogP) is 3.70. The number of benzene rings is 2. The molecule has 0 saturated carbocycles. The van der Waals surface area contributed by atoms with Gasteiger partial charge >= 0.3 is 0 Å². The lowest BCUT2D eigenvalue weighted by Gasteiger charge is -2.24. The molecule has 0 unspecified atom stereocenters. The van der Waals surface area contributed by atoms with Crippen LogP contribution in [0.5, 0.6) is 11.5 Å². The zero-order valence-corrected chi connectivity index (χ0v) is 14.4. The van der Waals surface area contributed by atoms with E-state index >= 15 is 0 Å². The van der Waals surface area contributed by atoms with Crippen LogP contribution in [0, 0.1) is 0 Å². The number of hydrogen-bond acceptors (Lipinski definition) is 5. The zero-order valence-electron chi connectivity index (χ0n) is 14.4. The number of hydrogen-bond donors (Lipinski definition) is 0. The van der Waals surface area contributed by atoms with Crippen LogP contribution in [-0.4, -0.2) is 24.2 Å². The third-order valence-electron chi connectivity index (χ3n) is 3.94. The number of anilines is 1. The first-order valence-corrected chi connectivity index (χ1v) is 8.05. The maximum atomic E-state index is 5.23. The van der Waals surface area contributed by atoms with Crippen molar-refractivity contribution in [1.82, 2.24) is 9.97 Å². The molecule has 3 aromatic rings. The molecule has 5 heteroatoms. The summed E-state index contributed by atoms with van der Waals surface area (Å²) in [5.74, 6) is 2.55. The van der Waals surface area contributed by atoms with E-state index in [2.05, 4.69) is 39.1 Å². The van der Waals surface area contributed by atoms with Crippen molar-refractivity contribution in [2.45, 2.75) is 13.1 Å².